The van der Waals surface area contributed by atoms with Crippen LogP contribution in [0.2, 0.25) is 0 Å². The summed E-state index contributed by atoms with van der Waals surface area (Å²) in [6, 6.07) is 8.52. The van der Waals surface area contributed by atoms with Gasteiger partial charge in [-0.05, 0) is 49.8 Å². The molecule has 21 heavy (non-hydrogen) atoms. The van der Waals surface area contributed by atoms with Crippen LogP contribution >= 0.6 is 0 Å². The van der Waals surface area contributed by atoms with Crippen molar-refractivity contribution in [3.63, 3.8) is 0 Å². The number of allylic oxidation sites excluding steroid dienone is 2. The minimum atomic E-state index is 0.330. The lowest BCUT2D eigenvalue weighted by Gasteiger charge is -2.06. The van der Waals surface area contributed by atoms with Crippen molar-refractivity contribution in [1.29, 1.82) is 0 Å². The van der Waals surface area contributed by atoms with Crippen LogP contribution in [0.5, 0.6) is 5.75 Å². The number of ether oxygens (including phenoxy) is 2. The summed E-state index contributed by atoms with van der Waals surface area (Å²) in [5.74, 6) is 0.954. The Kier molecular flexibility index (Phi) is 7.37. The molecule has 0 spiro atoms. The monoisotopic (exact) mass is 288 g/mol. The fourth-order valence-electron chi connectivity index (χ4n) is 2.28. The average Bonchev–Trinajstić information content (AvgIpc) is 3.33. The third-order valence-corrected chi connectivity index (χ3v) is 3.72. The molecule has 1 aliphatic rings. The summed E-state index contributed by atoms with van der Waals surface area (Å²) in [6.45, 7) is 3.76. The number of hydrogen-bond donors (Lipinski definition) is 0. The molecule has 0 bridgehead atoms. The second kappa shape index (κ2) is 9.62. The van der Waals surface area contributed by atoms with E-state index in [0.717, 1.165) is 12.4 Å². The molecule has 1 aromatic carbocycles. The molecule has 0 amide bonds. The molecule has 116 valence electrons. The molecule has 1 unspecified atom stereocenters. The second-order valence-corrected chi connectivity index (χ2v) is 5.77. The van der Waals surface area contributed by atoms with Crippen molar-refractivity contribution in [1.82, 2.24) is 0 Å². The Labute approximate surface area is 129 Å². The highest BCUT2D eigenvalue weighted by Crippen LogP contribution is 2.17. The summed E-state index contributed by atoms with van der Waals surface area (Å²) in [6.07, 6.45) is 13.8. The van der Waals surface area contributed by atoms with Crippen LogP contribution in [0.25, 0.3) is 0 Å². The summed E-state index contributed by atoms with van der Waals surface area (Å²) >= 11 is 0. The van der Waals surface area contributed by atoms with Crippen molar-refractivity contribution in [2.24, 2.45) is 0 Å². The van der Waals surface area contributed by atoms with Crippen molar-refractivity contribution in [2.45, 2.75) is 58.0 Å². The van der Waals surface area contributed by atoms with Crippen molar-refractivity contribution >= 4 is 0 Å². The van der Waals surface area contributed by atoms with Gasteiger partial charge in [0.1, 0.15) is 18.5 Å². The van der Waals surface area contributed by atoms with Crippen molar-refractivity contribution in [3.8, 4) is 5.75 Å². The van der Waals surface area contributed by atoms with Gasteiger partial charge in [-0.3, -0.25) is 0 Å². The summed E-state index contributed by atoms with van der Waals surface area (Å²) in [5.41, 5.74) is 1.41. The molecule has 0 aromatic heterocycles. The smallest absolute Gasteiger partial charge is 0.119 e. The van der Waals surface area contributed by atoms with E-state index >= 15 is 0 Å². The predicted octanol–water partition coefficient (Wildman–Crippen LogP) is 4.92. The van der Waals surface area contributed by atoms with Crippen molar-refractivity contribution in [3.05, 3.63) is 42.0 Å². The fraction of sp³-hybridized carbons (Fsp3) is 0.579. The highest BCUT2D eigenvalue weighted by molar-refractivity contribution is 5.27. The molecule has 1 aliphatic heterocycles. The lowest BCUT2D eigenvalue weighted by molar-refractivity contribution is 0.263. The largest absolute Gasteiger partial charge is 0.491 e. The third kappa shape index (κ3) is 7.33. The lowest BCUT2D eigenvalue weighted by Crippen LogP contribution is -2.03. The molecule has 0 N–H and O–H groups in total. The molecular weight excluding hydrogens is 260 g/mol. The van der Waals surface area contributed by atoms with Crippen LogP contribution in [0, 0.1) is 0 Å². The minimum Gasteiger partial charge on any atom is -0.491 e. The van der Waals surface area contributed by atoms with Crippen molar-refractivity contribution in [2.75, 3.05) is 13.2 Å². The molecule has 0 radical (unpaired) electrons. The SMILES string of the molecule is CCC/C=C/CCCCCc1ccc(OCC2CO2)cc1. The van der Waals surface area contributed by atoms with E-state index in [0.29, 0.717) is 12.7 Å². The predicted molar refractivity (Wildman–Crippen MR) is 87.9 cm³/mol. The van der Waals surface area contributed by atoms with Gasteiger partial charge in [0.25, 0.3) is 0 Å². The van der Waals surface area contributed by atoms with E-state index in [-0.39, 0.29) is 0 Å². The summed E-state index contributed by atoms with van der Waals surface area (Å²) in [5, 5.41) is 0. The quantitative estimate of drug-likeness (QED) is 0.327. The van der Waals surface area contributed by atoms with Crippen LogP contribution in [-0.2, 0) is 11.2 Å². The van der Waals surface area contributed by atoms with Gasteiger partial charge < -0.3 is 9.47 Å². The van der Waals surface area contributed by atoms with Gasteiger partial charge >= 0.3 is 0 Å². The Balaban J connectivity index is 1.53. The van der Waals surface area contributed by atoms with Gasteiger partial charge in [0.2, 0.25) is 0 Å². The highest BCUT2D eigenvalue weighted by atomic mass is 16.6. The molecule has 1 heterocycles. The Morgan fingerprint density at radius 2 is 1.86 bits per heavy atom. The molecule has 0 aliphatic carbocycles. The molecule has 2 rings (SSSR count). The first-order chi connectivity index (χ1) is 10.4. The second-order valence-electron chi connectivity index (χ2n) is 5.77. The molecule has 1 saturated heterocycles. The zero-order valence-corrected chi connectivity index (χ0v) is 13.2. The van der Waals surface area contributed by atoms with Gasteiger partial charge in [-0.1, -0.05) is 44.1 Å². The lowest BCUT2D eigenvalue weighted by atomic mass is 10.1. The van der Waals surface area contributed by atoms with Gasteiger partial charge in [-0.15, -0.1) is 0 Å². The van der Waals surface area contributed by atoms with Crippen LogP contribution in [0.3, 0.4) is 0 Å². The number of hydrogen-bond acceptors (Lipinski definition) is 2. The number of benzene rings is 1. The Bertz CT molecular complexity index is 404. The molecule has 2 heteroatoms. The van der Waals surface area contributed by atoms with Gasteiger partial charge in [0, 0.05) is 0 Å². The third-order valence-electron chi connectivity index (χ3n) is 3.72. The van der Waals surface area contributed by atoms with Crippen LogP contribution in [0.4, 0.5) is 0 Å². The summed E-state index contributed by atoms with van der Waals surface area (Å²) < 4.78 is 10.8. The Morgan fingerprint density at radius 3 is 2.57 bits per heavy atom. The number of rotatable bonds is 11. The first-order valence-electron chi connectivity index (χ1n) is 8.37. The number of unbranched alkanes of at least 4 members (excludes halogenated alkanes) is 4. The molecule has 1 fully saturated rings. The van der Waals surface area contributed by atoms with E-state index in [2.05, 4.69) is 43.3 Å². The molecular formula is C19H28O2. The first kappa shape index (κ1) is 16.1. The van der Waals surface area contributed by atoms with E-state index in [1.807, 2.05) is 0 Å². The van der Waals surface area contributed by atoms with E-state index in [9.17, 15) is 0 Å². The summed E-state index contributed by atoms with van der Waals surface area (Å²) in [7, 11) is 0. The zero-order chi connectivity index (χ0) is 14.8. The number of epoxide rings is 1. The fourth-order valence-corrected chi connectivity index (χ4v) is 2.28. The van der Waals surface area contributed by atoms with Gasteiger partial charge in [0.15, 0.2) is 0 Å². The van der Waals surface area contributed by atoms with E-state index < -0.39 is 0 Å². The van der Waals surface area contributed by atoms with Gasteiger partial charge in [-0.2, -0.15) is 0 Å². The van der Waals surface area contributed by atoms with Crippen LogP contribution in [-0.4, -0.2) is 19.3 Å². The molecule has 1 aromatic rings. The Hall–Kier alpha value is -1.28. The first-order valence-corrected chi connectivity index (χ1v) is 8.37. The molecule has 1 atom stereocenters. The normalized spacial score (nSPS) is 17.3. The maximum Gasteiger partial charge on any atom is 0.119 e. The van der Waals surface area contributed by atoms with Crippen molar-refractivity contribution < 1.29 is 9.47 Å². The van der Waals surface area contributed by atoms with E-state index in [1.165, 1.54) is 50.5 Å². The highest BCUT2D eigenvalue weighted by Gasteiger charge is 2.22. The van der Waals surface area contributed by atoms with Gasteiger partial charge in [0.05, 0.1) is 6.61 Å². The number of aryl methyl sites for hydroxylation is 1. The minimum absolute atomic E-state index is 0.330. The van der Waals surface area contributed by atoms with Crippen LogP contribution in [0.1, 0.15) is 51.0 Å². The maximum absolute atomic E-state index is 5.64. The molecule has 2 nitrogen and oxygen atoms in total. The van der Waals surface area contributed by atoms with Crippen LogP contribution < -0.4 is 4.74 Å². The Morgan fingerprint density at radius 1 is 1.10 bits per heavy atom. The van der Waals surface area contributed by atoms with Gasteiger partial charge in [-0.25, -0.2) is 0 Å². The molecule has 0 saturated carbocycles. The average molecular weight is 288 g/mol. The maximum atomic E-state index is 5.64. The van der Waals surface area contributed by atoms with E-state index in [4.69, 9.17) is 9.47 Å². The summed E-state index contributed by atoms with van der Waals surface area (Å²) in [4.78, 5) is 0. The van der Waals surface area contributed by atoms with E-state index in [1.54, 1.807) is 0 Å². The standard InChI is InChI=1S/C19H28O2/c1-2-3-4-5-6-7-8-9-10-17-11-13-18(14-12-17)20-15-19-16-21-19/h4-5,11-14,19H,2-3,6-10,15-16H2,1H3/b5-4+. The topological polar surface area (TPSA) is 21.8 Å². The zero-order valence-electron chi connectivity index (χ0n) is 13.2. The van der Waals surface area contributed by atoms with Crippen LogP contribution in [0.15, 0.2) is 36.4 Å².